The number of anilines is 1. The Bertz CT molecular complexity index is 1030. The van der Waals surface area contributed by atoms with Gasteiger partial charge in [0.2, 0.25) is 0 Å². The Hall–Kier alpha value is -3.06. The number of alkyl halides is 3. The third kappa shape index (κ3) is 4.91. The number of rotatable bonds is 6. The minimum atomic E-state index is -4.65. The summed E-state index contributed by atoms with van der Waals surface area (Å²) in [5.74, 6) is -1.62. The molecule has 0 unspecified atom stereocenters. The van der Waals surface area contributed by atoms with Crippen LogP contribution in [0.3, 0.4) is 0 Å². The second kappa shape index (κ2) is 8.75. The maximum atomic E-state index is 13.0. The van der Waals surface area contributed by atoms with Gasteiger partial charge in [0, 0.05) is 11.6 Å². The van der Waals surface area contributed by atoms with Crippen LogP contribution in [-0.4, -0.2) is 29.7 Å². The molecule has 156 valence electrons. The molecule has 30 heavy (non-hydrogen) atoms. The molecular weight excluding hydrogens is 419 g/mol. The van der Waals surface area contributed by atoms with Gasteiger partial charge in [-0.05, 0) is 37.3 Å². The fraction of sp³-hybridized carbons (Fsp3) is 0.300. The number of para-hydroxylation sites is 1. The maximum Gasteiger partial charge on any atom is 0.418 e. The SMILES string of the molecule is CSc1nc(C2CC2)cc(C(=O)OCC(=O)Nc2ccccc2C(F)(F)F)c1C#N. The molecule has 0 saturated heterocycles. The van der Waals surface area contributed by atoms with Crippen molar-refractivity contribution in [3.05, 3.63) is 52.7 Å². The van der Waals surface area contributed by atoms with Crippen molar-refractivity contribution in [1.82, 2.24) is 4.98 Å². The van der Waals surface area contributed by atoms with Gasteiger partial charge in [-0.1, -0.05) is 12.1 Å². The number of amides is 1. The fourth-order valence-corrected chi connectivity index (χ4v) is 3.34. The molecule has 0 bridgehead atoms. The quantitative estimate of drug-likeness (QED) is 0.535. The minimum absolute atomic E-state index is 0.0118. The Morgan fingerprint density at radius 2 is 2.03 bits per heavy atom. The van der Waals surface area contributed by atoms with Crippen molar-refractivity contribution in [2.45, 2.75) is 30.0 Å². The van der Waals surface area contributed by atoms with E-state index in [1.54, 1.807) is 6.26 Å². The predicted molar refractivity (Wildman–Crippen MR) is 103 cm³/mol. The monoisotopic (exact) mass is 435 g/mol. The molecule has 10 heteroatoms. The second-order valence-corrected chi connectivity index (χ2v) is 7.33. The molecule has 0 radical (unpaired) electrons. The fourth-order valence-electron chi connectivity index (χ4n) is 2.78. The molecule has 0 aliphatic heterocycles. The van der Waals surface area contributed by atoms with Gasteiger partial charge < -0.3 is 10.1 Å². The molecule has 1 N–H and O–H groups in total. The van der Waals surface area contributed by atoms with Crippen LogP contribution in [0.4, 0.5) is 18.9 Å². The van der Waals surface area contributed by atoms with Gasteiger partial charge in [0.25, 0.3) is 5.91 Å². The number of hydrogen-bond acceptors (Lipinski definition) is 6. The Labute approximate surface area is 174 Å². The highest BCUT2D eigenvalue weighted by molar-refractivity contribution is 7.98. The second-order valence-electron chi connectivity index (χ2n) is 6.53. The molecule has 1 aromatic heterocycles. The van der Waals surface area contributed by atoms with Crippen LogP contribution in [0.15, 0.2) is 35.4 Å². The zero-order valence-electron chi connectivity index (χ0n) is 15.7. The van der Waals surface area contributed by atoms with Crippen molar-refractivity contribution in [2.24, 2.45) is 0 Å². The average molecular weight is 435 g/mol. The summed E-state index contributed by atoms with van der Waals surface area (Å²) >= 11 is 1.21. The molecule has 1 aliphatic carbocycles. The summed E-state index contributed by atoms with van der Waals surface area (Å²) in [5, 5.41) is 11.9. The molecular formula is C20H16F3N3O3S. The average Bonchev–Trinajstić information content (AvgIpc) is 3.56. The molecule has 1 saturated carbocycles. The van der Waals surface area contributed by atoms with Gasteiger partial charge in [-0.25, -0.2) is 9.78 Å². The number of benzene rings is 1. The predicted octanol–water partition coefficient (Wildman–Crippen LogP) is 4.37. The largest absolute Gasteiger partial charge is 0.452 e. The van der Waals surface area contributed by atoms with E-state index >= 15 is 0 Å². The first-order chi connectivity index (χ1) is 14.2. The third-order valence-corrected chi connectivity index (χ3v) is 5.05. The molecule has 1 aromatic carbocycles. The Morgan fingerprint density at radius 3 is 2.63 bits per heavy atom. The molecule has 2 aromatic rings. The number of carbonyl (C=O) groups is 2. The van der Waals surface area contributed by atoms with Crippen LogP contribution in [0.1, 0.15) is 45.9 Å². The number of nitrogens with zero attached hydrogens (tertiary/aromatic N) is 2. The van der Waals surface area contributed by atoms with E-state index in [2.05, 4.69) is 10.3 Å². The van der Waals surface area contributed by atoms with E-state index < -0.39 is 35.9 Å². The zero-order valence-corrected chi connectivity index (χ0v) is 16.6. The summed E-state index contributed by atoms with van der Waals surface area (Å²) in [4.78, 5) is 29.0. The summed E-state index contributed by atoms with van der Waals surface area (Å²) in [6.45, 7) is -0.800. The topological polar surface area (TPSA) is 92.1 Å². The number of nitriles is 1. The molecule has 1 aliphatic rings. The number of hydrogen-bond donors (Lipinski definition) is 1. The molecule has 0 atom stereocenters. The Balaban J connectivity index is 1.73. The van der Waals surface area contributed by atoms with Gasteiger partial charge in [-0.2, -0.15) is 18.4 Å². The molecule has 6 nitrogen and oxygen atoms in total. The summed E-state index contributed by atoms with van der Waals surface area (Å²) in [6, 6.07) is 7.89. The van der Waals surface area contributed by atoms with Crippen LogP contribution >= 0.6 is 11.8 Å². The number of halogens is 3. The van der Waals surface area contributed by atoms with Crippen LogP contribution in [0, 0.1) is 11.3 Å². The lowest BCUT2D eigenvalue weighted by molar-refractivity contribution is -0.137. The van der Waals surface area contributed by atoms with Gasteiger partial charge >= 0.3 is 12.1 Å². The van der Waals surface area contributed by atoms with Crippen LogP contribution in [0.25, 0.3) is 0 Å². The highest BCUT2D eigenvalue weighted by Crippen LogP contribution is 2.40. The number of pyridine rings is 1. The van der Waals surface area contributed by atoms with E-state index in [4.69, 9.17) is 4.74 Å². The molecule has 1 amide bonds. The van der Waals surface area contributed by atoms with E-state index in [0.29, 0.717) is 10.7 Å². The van der Waals surface area contributed by atoms with Gasteiger partial charge in [-0.3, -0.25) is 4.79 Å². The Morgan fingerprint density at radius 1 is 1.33 bits per heavy atom. The van der Waals surface area contributed by atoms with E-state index in [1.807, 2.05) is 6.07 Å². The van der Waals surface area contributed by atoms with E-state index in [9.17, 15) is 28.0 Å². The first-order valence-corrected chi connectivity index (χ1v) is 10.1. The third-order valence-electron chi connectivity index (χ3n) is 4.37. The van der Waals surface area contributed by atoms with Crippen LogP contribution in [-0.2, 0) is 15.7 Å². The first-order valence-electron chi connectivity index (χ1n) is 8.86. The summed E-state index contributed by atoms with van der Waals surface area (Å²) in [5.41, 5.74) is -0.742. The lowest BCUT2D eigenvalue weighted by atomic mass is 10.1. The molecule has 1 fully saturated rings. The first kappa shape index (κ1) is 21.6. The molecule has 0 spiro atoms. The van der Waals surface area contributed by atoms with E-state index in [-0.39, 0.29) is 17.0 Å². The van der Waals surface area contributed by atoms with Crippen LogP contribution in [0.5, 0.6) is 0 Å². The van der Waals surface area contributed by atoms with Crippen molar-refractivity contribution >= 4 is 29.3 Å². The lowest BCUT2D eigenvalue weighted by Gasteiger charge is -2.14. The van der Waals surface area contributed by atoms with Crippen molar-refractivity contribution in [1.29, 1.82) is 5.26 Å². The lowest BCUT2D eigenvalue weighted by Crippen LogP contribution is -2.23. The number of aromatic nitrogens is 1. The van der Waals surface area contributed by atoms with E-state index in [1.165, 1.54) is 30.0 Å². The maximum absolute atomic E-state index is 13.0. The highest BCUT2D eigenvalue weighted by Gasteiger charge is 2.34. The standard InChI is InChI=1S/C20H16F3N3O3S/c1-30-18-13(9-24)12(8-16(26-18)11-6-7-11)19(28)29-10-17(27)25-15-5-3-2-4-14(15)20(21,22)23/h2-5,8,11H,6-7,10H2,1H3,(H,25,27). The Kier molecular flexibility index (Phi) is 6.31. The summed E-state index contributed by atoms with van der Waals surface area (Å²) < 4.78 is 44.0. The van der Waals surface area contributed by atoms with Crippen molar-refractivity contribution in [3.63, 3.8) is 0 Å². The van der Waals surface area contributed by atoms with Gasteiger partial charge in [0.15, 0.2) is 6.61 Å². The van der Waals surface area contributed by atoms with Crippen molar-refractivity contribution in [2.75, 3.05) is 18.2 Å². The minimum Gasteiger partial charge on any atom is -0.452 e. The van der Waals surface area contributed by atoms with Gasteiger partial charge in [0.05, 0.1) is 22.4 Å². The van der Waals surface area contributed by atoms with Crippen LogP contribution in [0.2, 0.25) is 0 Å². The number of ether oxygens (including phenoxy) is 1. The number of nitrogens with one attached hydrogen (secondary N) is 1. The smallest absolute Gasteiger partial charge is 0.418 e. The van der Waals surface area contributed by atoms with Crippen molar-refractivity contribution in [3.8, 4) is 6.07 Å². The number of thioether (sulfide) groups is 1. The highest BCUT2D eigenvalue weighted by atomic mass is 32.2. The molecule has 3 rings (SSSR count). The summed E-state index contributed by atoms with van der Waals surface area (Å²) in [6.07, 6.45) is -1.06. The summed E-state index contributed by atoms with van der Waals surface area (Å²) in [7, 11) is 0. The number of carbonyl (C=O) groups excluding carboxylic acids is 2. The van der Waals surface area contributed by atoms with E-state index in [0.717, 1.165) is 25.0 Å². The van der Waals surface area contributed by atoms with Crippen molar-refractivity contribution < 1.29 is 27.5 Å². The normalized spacial score (nSPS) is 13.4. The van der Waals surface area contributed by atoms with Crippen LogP contribution < -0.4 is 5.32 Å². The number of esters is 1. The van der Waals surface area contributed by atoms with Gasteiger partial charge in [0.1, 0.15) is 11.1 Å². The van der Waals surface area contributed by atoms with Gasteiger partial charge in [-0.15, -0.1) is 11.8 Å². The molecule has 1 heterocycles. The zero-order chi connectivity index (χ0) is 21.9.